The lowest BCUT2D eigenvalue weighted by molar-refractivity contribution is -0.144. The number of hydrogen-bond donors (Lipinski definition) is 0. The summed E-state index contributed by atoms with van der Waals surface area (Å²) in [5, 5.41) is 0. The molecule has 1 aliphatic rings. The van der Waals surface area contributed by atoms with Gasteiger partial charge in [-0.1, -0.05) is 55.2 Å². The average Bonchev–Trinajstić information content (AvgIpc) is 2.87. The molecule has 1 aromatic carbocycles. The molecule has 5 nitrogen and oxygen atoms in total. The smallest absolute Gasteiger partial charge is 0.307 e. The second kappa shape index (κ2) is 11.4. The molecule has 1 fully saturated rings. The monoisotopic (exact) mass is 428 g/mol. The maximum absolute atomic E-state index is 12.5. The number of amides is 1. The van der Waals surface area contributed by atoms with Gasteiger partial charge in [0.05, 0.1) is 11.3 Å². The van der Waals surface area contributed by atoms with Gasteiger partial charge in [0.15, 0.2) is 0 Å². The van der Waals surface area contributed by atoms with Crippen molar-refractivity contribution in [3.05, 3.63) is 40.3 Å². The summed E-state index contributed by atoms with van der Waals surface area (Å²) in [5.74, 6) is -0.472. The third-order valence-electron chi connectivity index (χ3n) is 3.90. The van der Waals surface area contributed by atoms with Crippen LogP contribution >= 0.6 is 36.4 Å². The maximum atomic E-state index is 12.5. The molecule has 0 saturated carbocycles. The maximum Gasteiger partial charge on any atom is 0.307 e. The minimum atomic E-state index is -0.319. The third kappa shape index (κ3) is 7.25. The van der Waals surface area contributed by atoms with Crippen LogP contribution in [0.25, 0.3) is 6.08 Å². The fourth-order valence-corrected chi connectivity index (χ4v) is 3.62. The lowest BCUT2D eigenvalue weighted by atomic mass is 10.1. The van der Waals surface area contributed by atoms with E-state index >= 15 is 0 Å². The molecule has 1 aromatic rings. The van der Waals surface area contributed by atoms with Gasteiger partial charge in [-0.25, -0.2) is 0 Å². The van der Waals surface area contributed by atoms with Crippen LogP contribution in [0, 0.1) is 0 Å². The number of likely N-dealkylation sites (N-methyl/N-ethyl adjacent to an activating group) is 1. The number of thiocarbonyl (C=S) groups is 1. The first-order valence-electron chi connectivity index (χ1n) is 8.55. The quantitative estimate of drug-likeness (QED) is 0.359. The Balaban J connectivity index is 0.00000364. The van der Waals surface area contributed by atoms with Crippen molar-refractivity contribution in [3.8, 4) is 0 Å². The number of carbonyl (C=O) groups excluding carboxylic acids is 2. The van der Waals surface area contributed by atoms with Crippen LogP contribution in [-0.4, -0.2) is 59.8 Å². The molecule has 1 heterocycles. The molecule has 0 bridgehead atoms. The van der Waals surface area contributed by atoms with Gasteiger partial charge in [-0.15, -0.1) is 12.4 Å². The van der Waals surface area contributed by atoms with Gasteiger partial charge in [0.2, 0.25) is 0 Å². The highest BCUT2D eigenvalue weighted by Gasteiger charge is 2.32. The largest absolute Gasteiger partial charge is 0.464 e. The highest BCUT2D eigenvalue weighted by Crippen LogP contribution is 2.32. The summed E-state index contributed by atoms with van der Waals surface area (Å²) in [6, 6.07) is 8.09. The molecular weight excluding hydrogens is 404 g/mol. The number of esters is 1. The number of aryl methyl sites for hydroxylation is 1. The summed E-state index contributed by atoms with van der Waals surface area (Å²) in [7, 11) is 3.83. The van der Waals surface area contributed by atoms with Crippen molar-refractivity contribution < 1.29 is 14.3 Å². The third-order valence-corrected chi connectivity index (χ3v) is 5.28. The van der Waals surface area contributed by atoms with Crippen LogP contribution in [0.1, 0.15) is 24.5 Å². The van der Waals surface area contributed by atoms with Gasteiger partial charge in [0, 0.05) is 13.1 Å². The molecule has 1 saturated heterocycles. The van der Waals surface area contributed by atoms with Crippen molar-refractivity contribution >= 4 is 58.7 Å². The van der Waals surface area contributed by atoms with Crippen molar-refractivity contribution in [3.63, 3.8) is 0 Å². The number of halogens is 1. The first-order valence-corrected chi connectivity index (χ1v) is 9.78. The predicted octanol–water partition coefficient (Wildman–Crippen LogP) is 3.37. The summed E-state index contributed by atoms with van der Waals surface area (Å²) in [5.41, 5.74) is 2.22. The molecule has 0 atom stereocenters. The lowest BCUT2D eigenvalue weighted by Gasteiger charge is -2.14. The number of benzene rings is 1. The van der Waals surface area contributed by atoms with E-state index in [1.165, 1.54) is 22.2 Å². The van der Waals surface area contributed by atoms with Gasteiger partial charge in [0.1, 0.15) is 10.9 Å². The second-order valence-corrected chi connectivity index (χ2v) is 7.88. The van der Waals surface area contributed by atoms with Gasteiger partial charge in [-0.3, -0.25) is 14.5 Å². The average molecular weight is 429 g/mol. The minimum Gasteiger partial charge on any atom is -0.464 e. The fraction of sp³-hybridized carbons (Fsp3) is 0.421. The summed E-state index contributed by atoms with van der Waals surface area (Å²) in [6.07, 6.45) is 2.96. The van der Waals surface area contributed by atoms with E-state index in [9.17, 15) is 9.59 Å². The zero-order valence-electron chi connectivity index (χ0n) is 15.8. The lowest BCUT2D eigenvalue weighted by Crippen LogP contribution is -2.31. The standard InChI is InChI=1S/C19H24N2O3S2.ClH/c1-4-14-5-7-15(8-6-14)13-16-18(23)21(19(25)26-16)10-9-17(22)24-12-11-20(2)3;/h5-8,13H,4,9-12H2,1-3H3;1H. The van der Waals surface area contributed by atoms with Crippen LogP contribution in [0.2, 0.25) is 0 Å². The van der Waals surface area contributed by atoms with Crippen molar-refractivity contribution in [2.24, 2.45) is 0 Å². The molecule has 0 unspecified atom stereocenters. The van der Waals surface area contributed by atoms with Crippen LogP contribution < -0.4 is 0 Å². The zero-order chi connectivity index (χ0) is 19.1. The van der Waals surface area contributed by atoms with Crippen molar-refractivity contribution in [1.82, 2.24) is 9.80 Å². The van der Waals surface area contributed by atoms with E-state index in [1.807, 2.05) is 37.2 Å². The summed E-state index contributed by atoms with van der Waals surface area (Å²) >= 11 is 6.56. The number of nitrogens with zero attached hydrogens (tertiary/aromatic N) is 2. The van der Waals surface area contributed by atoms with Crippen LogP contribution in [0.15, 0.2) is 29.2 Å². The minimum absolute atomic E-state index is 0. The molecule has 0 aromatic heterocycles. The van der Waals surface area contributed by atoms with Crippen molar-refractivity contribution in [2.45, 2.75) is 19.8 Å². The summed E-state index contributed by atoms with van der Waals surface area (Å²) in [4.78, 5) is 28.3. The molecule has 0 spiro atoms. The number of thioether (sulfide) groups is 1. The molecule has 2 rings (SSSR count). The SMILES string of the molecule is CCc1ccc(C=C2SC(=S)N(CCC(=O)OCCN(C)C)C2=O)cc1.Cl. The normalized spacial score (nSPS) is 15.4. The molecule has 27 heavy (non-hydrogen) atoms. The van der Waals surface area contributed by atoms with E-state index < -0.39 is 0 Å². The van der Waals surface area contributed by atoms with Gasteiger partial charge in [0.25, 0.3) is 5.91 Å². The highest BCUT2D eigenvalue weighted by atomic mass is 35.5. The van der Waals surface area contributed by atoms with E-state index in [-0.39, 0.29) is 37.2 Å². The Morgan fingerprint density at radius 3 is 2.56 bits per heavy atom. The Hall–Kier alpha value is -1.41. The van der Waals surface area contributed by atoms with Crippen LogP contribution in [0.5, 0.6) is 0 Å². The van der Waals surface area contributed by atoms with Crippen molar-refractivity contribution in [2.75, 3.05) is 33.8 Å². The number of ether oxygens (including phenoxy) is 1. The molecule has 0 radical (unpaired) electrons. The Bertz CT molecular complexity index is 705. The first kappa shape index (κ1) is 23.6. The molecule has 1 amide bonds. The fourth-order valence-electron chi connectivity index (χ4n) is 2.31. The molecule has 1 aliphatic heterocycles. The van der Waals surface area contributed by atoms with E-state index in [4.69, 9.17) is 17.0 Å². The Morgan fingerprint density at radius 1 is 1.30 bits per heavy atom. The van der Waals surface area contributed by atoms with Gasteiger partial charge in [-0.05, 0) is 37.7 Å². The zero-order valence-corrected chi connectivity index (χ0v) is 18.2. The van der Waals surface area contributed by atoms with E-state index in [1.54, 1.807) is 0 Å². The Morgan fingerprint density at radius 2 is 1.96 bits per heavy atom. The predicted molar refractivity (Wildman–Crippen MR) is 117 cm³/mol. The molecule has 0 N–H and O–H groups in total. The van der Waals surface area contributed by atoms with E-state index in [0.717, 1.165) is 12.0 Å². The number of carbonyl (C=O) groups is 2. The molecule has 0 aliphatic carbocycles. The van der Waals surface area contributed by atoms with Gasteiger partial charge in [-0.2, -0.15) is 0 Å². The second-order valence-electron chi connectivity index (χ2n) is 6.20. The number of hydrogen-bond acceptors (Lipinski definition) is 6. The first-order chi connectivity index (χ1) is 12.4. The Labute approximate surface area is 176 Å². The van der Waals surface area contributed by atoms with Crippen molar-refractivity contribution in [1.29, 1.82) is 0 Å². The molecule has 148 valence electrons. The van der Waals surface area contributed by atoms with E-state index in [0.29, 0.717) is 22.4 Å². The van der Waals surface area contributed by atoms with Crippen LogP contribution in [-0.2, 0) is 20.7 Å². The molecule has 8 heteroatoms. The van der Waals surface area contributed by atoms with Crippen LogP contribution in [0.3, 0.4) is 0 Å². The topological polar surface area (TPSA) is 49.9 Å². The summed E-state index contributed by atoms with van der Waals surface area (Å²) in [6.45, 7) is 3.37. The van der Waals surface area contributed by atoms with Gasteiger partial charge < -0.3 is 9.64 Å². The summed E-state index contributed by atoms with van der Waals surface area (Å²) < 4.78 is 5.62. The van der Waals surface area contributed by atoms with Gasteiger partial charge >= 0.3 is 5.97 Å². The van der Waals surface area contributed by atoms with Crippen LogP contribution in [0.4, 0.5) is 0 Å². The molecular formula is C19H25ClN2O3S2. The van der Waals surface area contributed by atoms with E-state index in [2.05, 4.69) is 19.1 Å². The Kier molecular flexibility index (Phi) is 10.0. The highest BCUT2D eigenvalue weighted by molar-refractivity contribution is 8.26. The number of rotatable bonds is 8.